The van der Waals surface area contributed by atoms with Crippen LogP contribution in [0.15, 0.2) is 12.2 Å². The maximum Gasteiger partial charge on any atom is 0.244 e. The Hall–Kier alpha value is -0.990. The van der Waals surface area contributed by atoms with Gasteiger partial charge in [0, 0.05) is 0 Å². The first-order valence-corrected chi connectivity index (χ1v) is 5.25. The molecule has 1 fully saturated rings. The SMILES string of the molecule is C/C=C/C(=O)N[C@H]1C(O)O[C@H](CO)[C@H](O)[C@@H]1O. The highest BCUT2D eigenvalue weighted by molar-refractivity contribution is 5.87. The number of carbonyl (C=O) groups excluding carboxylic acids is 1. The van der Waals surface area contributed by atoms with Crippen molar-refractivity contribution in [1.29, 1.82) is 0 Å². The Morgan fingerprint density at radius 1 is 1.35 bits per heavy atom. The number of ether oxygens (including phenoxy) is 1. The zero-order chi connectivity index (χ0) is 13.0. The molecule has 1 amide bonds. The standard InChI is InChI=1S/C10H17NO6/c1-2-3-6(13)11-7-9(15)8(14)5(4-12)17-10(7)16/h2-3,5,7-10,12,14-16H,4H2,1H3,(H,11,13)/b3-2+/t5-,7-,8+,9-,10?/m1/s1. The molecule has 7 nitrogen and oxygen atoms in total. The molecular weight excluding hydrogens is 230 g/mol. The smallest absolute Gasteiger partial charge is 0.244 e. The minimum atomic E-state index is -1.49. The predicted molar refractivity (Wildman–Crippen MR) is 56.7 cm³/mol. The highest BCUT2D eigenvalue weighted by atomic mass is 16.6. The Balaban J connectivity index is 2.69. The number of aliphatic hydroxyl groups excluding tert-OH is 4. The number of hydrogen-bond acceptors (Lipinski definition) is 6. The molecule has 17 heavy (non-hydrogen) atoms. The van der Waals surface area contributed by atoms with Crippen molar-refractivity contribution in [2.24, 2.45) is 0 Å². The maximum atomic E-state index is 11.3. The number of carbonyl (C=O) groups is 1. The first-order chi connectivity index (χ1) is 8.01. The summed E-state index contributed by atoms with van der Waals surface area (Å²) in [5, 5.41) is 39.9. The Morgan fingerprint density at radius 3 is 2.53 bits per heavy atom. The zero-order valence-corrected chi connectivity index (χ0v) is 9.35. The van der Waals surface area contributed by atoms with Gasteiger partial charge in [-0.15, -0.1) is 0 Å². The molecule has 0 aromatic carbocycles. The maximum absolute atomic E-state index is 11.3. The Labute approximate surface area is 98.3 Å². The first kappa shape index (κ1) is 14.1. The summed E-state index contributed by atoms with van der Waals surface area (Å²) in [6, 6.07) is -1.14. The molecule has 1 saturated heterocycles. The number of allylic oxidation sites excluding steroid dienone is 1. The van der Waals surface area contributed by atoms with Gasteiger partial charge in [-0.3, -0.25) is 4.79 Å². The second-order valence-corrected chi connectivity index (χ2v) is 3.76. The third-order valence-electron chi connectivity index (χ3n) is 2.53. The van der Waals surface area contributed by atoms with E-state index in [1.807, 2.05) is 0 Å². The van der Waals surface area contributed by atoms with E-state index in [4.69, 9.17) is 9.84 Å². The molecule has 0 spiro atoms. The van der Waals surface area contributed by atoms with Gasteiger partial charge in [0.05, 0.1) is 6.61 Å². The molecule has 0 bridgehead atoms. The molecule has 1 heterocycles. The number of hydrogen-bond donors (Lipinski definition) is 5. The van der Waals surface area contributed by atoms with Crippen molar-refractivity contribution in [1.82, 2.24) is 5.32 Å². The summed E-state index contributed by atoms with van der Waals surface area (Å²) in [4.78, 5) is 11.3. The van der Waals surface area contributed by atoms with Crippen LogP contribution in [0.2, 0.25) is 0 Å². The molecule has 5 atom stereocenters. The lowest BCUT2D eigenvalue weighted by Crippen LogP contribution is -2.64. The van der Waals surface area contributed by atoms with Gasteiger partial charge in [0.25, 0.3) is 0 Å². The van der Waals surface area contributed by atoms with E-state index in [1.165, 1.54) is 12.2 Å². The van der Waals surface area contributed by atoms with E-state index in [-0.39, 0.29) is 0 Å². The molecular formula is C10H17NO6. The summed E-state index contributed by atoms with van der Waals surface area (Å²) in [5.74, 6) is -0.520. The zero-order valence-electron chi connectivity index (χ0n) is 9.35. The Bertz CT molecular complexity index is 295. The average Bonchev–Trinajstić information content (AvgIpc) is 2.29. The quantitative estimate of drug-likeness (QED) is 0.351. The third-order valence-corrected chi connectivity index (χ3v) is 2.53. The molecule has 98 valence electrons. The van der Waals surface area contributed by atoms with Gasteiger partial charge in [-0.2, -0.15) is 0 Å². The highest BCUT2D eigenvalue weighted by Gasteiger charge is 2.43. The van der Waals surface area contributed by atoms with Crippen LogP contribution in [-0.2, 0) is 9.53 Å². The summed E-state index contributed by atoms with van der Waals surface area (Å²) < 4.78 is 4.87. The molecule has 1 aliphatic rings. The van der Waals surface area contributed by atoms with Crippen molar-refractivity contribution in [3.63, 3.8) is 0 Å². The van der Waals surface area contributed by atoms with Crippen molar-refractivity contribution in [3.05, 3.63) is 12.2 Å². The molecule has 1 rings (SSSR count). The van der Waals surface area contributed by atoms with Crippen molar-refractivity contribution in [3.8, 4) is 0 Å². The lowest BCUT2D eigenvalue weighted by atomic mass is 9.97. The molecule has 1 unspecified atom stereocenters. The van der Waals surface area contributed by atoms with Crippen LogP contribution in [0.4, 0.5) is 0 Å². The second kappa shape index (κ2) is 6.08. The molecule has 5 N–H and O–H groups in total. The van der Waals surface area contributed by atoms with E-state index < -0.39 is 43.2 Å². The molecule has 0 aromatic rings. The predicted octanol–water partition coefficient (Wildman–Crippen LogP) is -2.52. The monoisotopic (exact) mass is 247 g/mol. The van der Waals surface area contributed by atoms with Crippen LogP contribution in [0, 0.1) is 0 Å². The van der Waals surface area contributed by atoms with Crippen LogP contribution >= 0.6 is 0 Å². The number of nitrogens with one attached hydrogen (secondary N) is 1. The van der Waals surface area contributed by atoms with Crippen molar-refractivity contribution in [2.75, 3.05) is 6.61 Å². The fourth-order valence-corrected chi connectivity index (χ4v) is 1.62. The van der Waals surface area contributed by atoms with Gasteiger partial charge < -0.3 is 30.5 Å². The van der Waals surface area contributed by atoms with Crippen LogP contribution in [0.1, 0.15) is 6.92 Å². The minimum Gasteiger partial charge on any atom is -0.394 e. The summed E-state index contributed by atoms with van der Waals surface area (Å²) in [7, 11) is 0. The Morgan fingerprint density at radius 2 is 2.00 bits per heavy atom. The summed E-state index contributed by atoms with van der Waals surface area (Å²) >= 11 is 0. The normalized spacial score (nSPS) is 38.3. The van der Waals surface area contributed by atoms with Gasteiger partial charge in [-0.1, -0.05) is 6.08 Å². The van der Waals surface area contributed by atoms with E-state index in [9.17, 15) is 20.1 Å². The van der Waals surface area contributed by atoms with Gasteiger partial charge in [0.1, 0.15) is 24.4 Å². The van der Waals surface area contributed by atoms with E-state index in [1.54, 1.807) is 6.92 Å². The molecule has 0 aromatic heterocycles. The summed E-state index contributed by atoms with van der Waals surface area (Å²) in [6.07, 6.45) is -2.65. The lowest BCUT2D eigenvalue weighted by Gasteiger charge is -2.40. The van der Waals surface area contributed by atoms with Crippen molar-refractivity contribution < 1.29 is 30.0 Å². The molecule has 0 saturated carbocycles. The number of rotatable bonds is 3. The van der Waals surface area contributed by atoms with Gasteiger partial charge in [-0.25, -0.2) is 0 Å². The third kappa shape index (κ3) is 3.24. The fourth-order valence-electron chi connectivity index (χ4n) is 1.62. The average molecular weight is 247 g/mol. The molecule has 0 aliphatic carbocycles. The van der Waals surface area contributed by atoms with E-state index >= 15 is 0 Å². The molecule has 0 radical (unpaired) electrons. The van der Waals surface area contributed by atoms with Gasteiger partial charge >= 0.3 is 0 Å². The topological polar surface area (TPSA) is 119 Å². The Kier molecular flexibility index (Phi) is 5.03. The van der Waals surface area contributed by atoms with Crippen molar-refractivity contribution >= 4 is 5.91 Å². The fraction of sp³-hybridized carbons (Fsp3) is 0.700. The molecule has 7 heteroatoms. The summed E-state index contributed by atoms with van der Waals surface area (Å²) in [5.41, 5.74) is 0. The van der Waals surface area contributed by atoms with Gasteiger partial charge in [0.2, 0.25) is 5.91 Å². The summed E-state index contributed by atoms with van der Waals surface area (Å²) in [6.45, 7) is 1.10. The first-order valence-electron chi connectivity index (χ1n) is 5.25. The number of amides is 1. The largest absolute Gasteiger partial charge is 0.394 e. The van der Waals surface area contributed by atoms with E-state index in [0.29, 0.717) is 0 Å². The number of aliphatic hydroxyl groups is 4. The minimum absolute atomic E-state index is 0.520. The molecule has 1 aliphatic heterocycles. The van der Waals surface area contributed by atoms with Crippen LogP contribution in [0.25, 0.3) is 0 Å². The van der Waals surface area contributed by atoms with Crippen molar-refractivity contribution in [2.45, 2.75) is 37.6 Å². The second-order valence-electron chi connectivity index (χ2n) is 3.76. The lowest BCUT2D eigenvalue weighted by molar-refractivity contribution is -0.253. The van der Waals surface area contributed by atoms with Crippen LogP contribution < -0.4 is 5.32 Å². The van der Waals surface area contributed by atoms with Crippen LogP contribution in [0.3, 0.4) is 0 Å². The van der Waals surface area contributed by atoms with Gasteiger partial charge in [0.15, 0.2) is 6.29 Å². The highest BCUT2D eigenvalue weighted by Crippen LogP contribution is 2.19. The van der Waals surface area contributed by atoms with Crippen LogP contribution in [-0.4, -0.2) is 63.6 Å². The van der Waals surface area contributed by atoms with Gasteiger partial charge in [-0.05, 0) is 13.0 Å². The van der Waals surface area contributed by atoms with E-state index in [0.717, 1.165) is 0 Å². The van der Waals surface area contributed by atoms with E-state index in [2.05, 4.69) is 5.32 Å². The van der Waals surface area contributed by atoms with Crippen LogP contribution in [0.5, 0.6) is 0 Å².